The summed E-state index contributed by atoms with van der Waals surface area (Å²) in [6.07, 6.45) is 6.51. The quantitative estimate of drug-likeness (QED) is 0.344. The molecule has 3 aromatic carbocycles. The number of halogens is 1. The first-order valence-electron chi connectivity index (χ1n) is 12.6. The van der Waals surface area contributed by atoms with Gasteiger partial charge in [0.15, 0.2) is 0 Å². The van der Waals surface area contributed by atoms with Crippen molar-refractivity contribution in [1.29, 1.82) is 0 Å². The molecule has 1 saturated heterocycles. The van der Waals surface area contributed by atoms with Gasteiger partial charge in [0.25, 0.3) is 0 Å². The van der Waals surface area contributed by atoms with E-state index in [1.54, 1.807) is 12.1 Å². The Bertz CT molecular complexity index is 1320. The number of para-hydroxylation sites is 3. The monoisotopic (exact) mass is 467 g/mol. The van der Waals surface area contributed by atoms with Crippen molar-refractivity contribution >= 4 is 28.9 Å². The van der Waals surface area contributed by atoms with Crippen molar-refractivity contribution in [2.45, 2.75) is 38.3 Å². The summed E-state index contributed by atoms with van der Waals surface area (Å²) >= 11 is 0. The van der Waals surface area contributed by atoms with Crippen LogP contribution in [0.5, 0.6) is 0 Å². The Kier molecular flexibility index (Phi) is 5.94. The van der Waals surface area contributed by atoms with Crippen LogP contribution in [0.3, 0.4) is 0 Å². The van der Waals surface area contributed by atoms with Crippen molar-refractivity contribution in [3.05, 3.63) is 90.2 Å². The maximum atomic E-state index is 13.9. The maximum absolute atomic E-state index is 13.9. The number of hydrogen-bond acceptors (Lipinski definition) is 4. The summed E-state index contributed by atoms with van der Waals surface area (Å²) in [6.45, 7) is 2.57. The van der Waals surface area contributed by atoms with E-state index in [1.807, 2.05) is 18.2 Å². The Morgan fingerprint density at radius 2 is 1.69 bits per heavy atom. The van der Waals surface area contributed by atoms with Crippen molar-refractivity contribution in [2.75, 3.05) is 23.0 Å². The van der Waals surface area contributed by atoms with Crippen molar-refractivity contribution in [3.63, 3.8) is 0 Å². The highest BCUT2D eigenvalue weighted by molar-refractivity contribution is 5.79. The van der Waals surface area contributed by atoms with E-state index in [9.17, 15) is 4.39 Å². The van der Waals surface area contributed by atoms with Crippen LogP contribution in [0, 0.1) is 11.7 Å². The number of nitrogens with zero attached hydrogens (tertiary/aromatic N) is 5. The van der Waals surface area contributed by atoms with Gasteiger partial charge in [-0.25, -0.2) is 9.37 Å². The van der Waals surface area contributed by atoms with Gasteiger partial charge in [0.1, 0.15) is 5.82 Å². The predicted octanol–water partition coefficient (Wildman–Crippen LogP) is 6.09. The van der Waals surface area contributed by atoms with Crippen LogP contribution in [0.4, 0.5) is 16.0 Å². The van der Waals surface area contributed by atoms with Crippen molar-refractivity contribution < 1.29 is 4.39 Å². The Morgan fingerprint density at radius 3 is 2.51 bits per heavy atom. The third-order valence-corrected chi connectivity index (χ3v) is 7.32. The summed E-state index contributed by atoms with van der Waals surface area (Å²) in [5.74, 6) is 1.46. The van der Waals surface area contributed by atoms with Crippen LogP contribution in [0.15, 0.2) is 84.0 Å². The van der Waals surface area contributed by atoms with E-state index in [2.05, 4.69) is 68.3 Å². The minimum absolute atomic E-state index is 0.199. The topological polar surface area (TPSA) is 36.7 Å². The molecule has 6 rings (SSSR count). The van der Waals surface area contributed by atoms with Gasteiger partial charge < -0.3 is 9.47 Å². The van der Waals surface area contributed by atoms with E-state index >= 15 is 0 Å². The molecule has 178 valence electrons. The molecule has 1 atom stereocenters. The molecule has 35 heavy (non-hydrogen) atoms. The van der Waals surface area contributed by atoms with Crippen molar-refractivity contribution in [1.82, 2.24) is 9.55 Å². The molecule has 0 N–H and O–H groups in total. The zero-order valence-corrected chi connectivity index (χ0v) is 19.8. The number of rotatable bonds is 6. The number of hydrogen-bond donors (Lipinski definition) is 0. The Hall–Kier alpha value is -3.67. The van der Waals surface area contributed by atoms with Gasteiger partial charge in [0.05, 0.1) is 29.3 Å². The fourth-order valence-electron chi connectivity index (χ4n) is 5.54. The fourth-order valence-corrected chi connectivity index (χ4v) is 5.54. The van der Waals surface area contributed by atoms with Gasteiger partial charge in [0, 0.05) is 25.7 Å². The first-order chi connectivity index (χ1) is 17.2. The molecule has 0 radical (unpaired) electrons. The number of piperidine rings is 1. The molecule has 5 nitrogen and oxygen atoms in total. The third-order valence-electron chi connectivity index (χ3n) is 7.32. The molecule has 0 amide bonds. The molecule has 6 heteroatoms. The lowest BCUT2D eigenvalue weighted by Gasteiger charge is -2.35. The van der Waals surface area contributed by atoms with Crippen LogP contribution in [-0.4, -0.2) is 34.9 Å². The minimum Gasteiger partial charge on any atom is -0.342 e. The summed E-state index contributed by atoms with van der Waals surface area (Å²) in [5.41, 5.74) is 4.21. The van der Waals surface area contributed by atoms with Gasteiger partial charge in [0.2, 0.25) is 5.95 Å². The van der Waals surface area contributed by atoms with E-state index in [-0.39, 0.29) is 5.82 Å². The molecule has 4 aromatic rings. The lowest BCUT2D eigenvalue weighted by atomic mass is 9.89. The van der Waals surface area contributed by atoms with Gasteiger partial charge in [-0.2, -0.15) is 5.10 Å². The van der Waals surface area contributed by atoms with Crippen LogP contribution in [0.25, 0.3) is 11.0 Å². The maximum Gasteiger partial charge on any atom is 0.206 e. The third kappa shape index (κ3) is 4.53. The highest BCUT2D eigenvalue weighted by Gasteiger charge is 2.29. The molecule has 1 unspecified atom stereocenters. The molecular weight excluding hydrogens is 437 g/mol. The van der Waals surface area contributed by atoms with Gasteiger partial charge in [-0.1, -0.05) is 42.5 Å². The SMILES string of the molecule is Fc1cccc(Cn2c(N3CCC(CC4CC=NN4c4ccccc4)CC3)nc3ccccc32)c1. The molecule has 1 fully saturated rings. The number of aromatic nitrogens is 2. The largest absolute Gasteiger partial charge is 0.342 e. The molecule has 0 bridgehead atoms. The average molecular weight is 468 g/mol. The Morgan fingerprint density at radius 1 is 0.886 bits per heavy atom. The van der Waals surface area contributed by atoms with Crippen LogP contribution >= 0.6 is 0 Å². The number of benzene rings is 3. The first kappa shape index (κ1) is 21.8. The van der Waals surface area contributed by atoms with Gasteiger partial charge >= 0.3 is 0 Å². The zero-order valence-electron chi connectivity index (χ0n) is 19.8. The van der Waals surface area contributed by atoms with Crippen molar-refractivity contribution in [3.8, 4) is 0 Å². The Labute approximate surface area is 205 Å². The van der Waals surface area contributed by atoms with Crippen molar-refractivity contribution in [2.24, 2.45) is 11.0 Å². The van der Waals surface area contributed by atoms with Gasteiger partial charge in [-0.15, -0.1) is 0 Å². The summed E-state index contributed by atoms with van der Waals surface area (Å²) in [6, 6.07) is 26.0. The van der Waals surface area contributed by atoms with E-state index in [0.29, 0.717) is 18.5 Å². The smallest absolute Gasteiger partial charge is 0.206 e. The average Bonchev–Trinajstić information content (AvgIpc) is 3.50. The van der Waals surface area contributed by atoms with Gasteiger partial charge in [-0.3, -0.25) is 5.01 Å². The molecule has 0 saturated carbocycles. The second-order valence-electron chi connectivity index (χ2n) is 9.65. The van der Waals surface area contributed by atoms with Crippen LogP contribution < -0.4 is 9.91 Å². The normalized spacial score (nSPS) is 18.6. The molecule has 2 aliphatic heterocycles. The second-order valence-corrected chi connectivity index (χ2v) is 9.65. The minimum atomic E-state index is -0.199. The molecule has 0 spiro atoms. The molecule has 0 aliphatic carbocycles. The van der Waals surface area contributed by atoms with E-state index in [1.165, 1.54) is 11.8 Å². The molecule has 2 aliphatic rings. The lowest BCUT2D eigenvalue weighted by molar-refractivity contribution is 0.350. The highest BCUT2D eigenvalue weighted by atomic mass is 19.1. The number of anilines is 2. The number of imidazole rings is 1. The lowest BCUT2D eigenvalue weighted by Crippen LogP contribution is -2.38. The number of hydrazone groups is 1. The second kappa shape index (κ2) is 9.53. The van der Waals surface area contributed by atoms with E-state index < -0.39 is 0 Å². The molecule has 3 heterocycles. The molecule has 1 aromatic heterocycles. The zero-order chi connectivity index (χ0) is 23.6. The van der Waals surface area contributed by atoms with Crippen LogP contribution in [0.1, 0.15) is 31.2 Å². The van der Waals surface area contributed by atoms with E-state index in [0.717, 1.165) is 61.3 Å². The first-order valence-corrected chi connectivity index (χ1v) is 12.6. The van der Waals surface area contributed by atoms with Gasteiger partial charge in [-0.05, 0) is 67.1 Å². The highest BCUT2D eigenvalue weighted by Crippen LogP contribution is 2.32. The Balaban J connectivity index is 1.17. The van der Waals surface area contributed by atoms with E-state index in [4.69, 9.17) is 4.98 Å². The predicted molar refractivity (Wildman–Crippen MR) is 141 cm³/mol. The fraction of sp³-hybridized carbons (Fsp3) is 0.310. The standard InChI is InChI=1S/C29H30FN5/c30-24-8-6-7-23(19-24)21-34-28-12-5-4-11-27(28)32-29(34)33-17-14-22(15-18-33)20-26-13-16-31-35(26)25-9-2-1-3-10-25/h1-12,16,19,22,26H,13-15,17-18,20-21H2. The summed E-state index contributed by atoms with van der Waals surface area (Å²) in [5, 5.41) is 6.85. The van der Waals surface area contributed by atoms with Crippen LogP contribution in [-0.2, 0) is 6.54 Å². The summed E-state index contributed by atoms with van der Waals surface area (Å²) in [4.78, 5) is 7.41. The summed E-state index contributed by atoms with van der Waals surface area (Å²) in [7, 11) is 0. The molecular formula is C29H30FN5. The summed E-state index contributed by atoms with van der Waals surface area (Å²) < 4.78 is 16.1. The number of fused-ring (bicyclic) bond motifs is 1. The van der Waals surface area contributed by atoms with Crippen LogP contribution in [0.2, 0.25) is 0 Å².